The lowest BCUT2D eigenvalue weighted by Crippen LogP contribution is -2.52. The van der Waals surface area contributed by atoms with Gasteiger partial charge in [0.25, 0.3) is 0 Å². The molecule has 0 radical (unpaired) electrons. The van der Waals surface area contributed by atoms with Gasteiger partial charge in [-0.1, -0.05) is 20.8 Å². The molecule has 4 heteroatoms. The number of carbonyl (C=O) groups excluding carboxylic acids is 1. The minimum Gasteiger partial charge on any atom is -0.343 e. The molecule has 1 fully saturated rings. The summed E-state index contributed by atoms with van der Waals surface area (Å²) < 4.78 is 0. The molecule has 1 saturated carbocycles. The molecule has 0 heterocycles. The van der Waals surface area contributed by atoms with Crippen LogP contribution in [0.25, 0.3) is 0 Å². The third kappa shape index (κ3) is 4.43. The van der Waals surface area contributed by atoms with E-state index in [0.717, 1.165) is 38.9 Å². The van der Waals surface area contributed by atoms with Crippen LogP contribution in [0.5, 0.6) is 0 Å². The van der Waals surface area contributed by atoms with Crippen molar-refractivity contribution in [1.82, 2.24) is 9.80 Å². The highest BCUT2D eigenvalue weighted by Crippen LogP contribution is 2.45. The first-order chi connectivity index (χ1) is 9.71. The summed E-state index contributed by atoms with van der Waals surface area (Å²) >= 11 is 0. The van der Waals surface area contributed by atoms with E-state index < -0.39 is 0 Å². The Morgan fingerprint density at radius 2 is 1.86 bits per heavy atom. The average Bonchev–Trinajstić information content (AvgIpc) is 2.40. The van der Waals surface area contributed by atoms with Crippen LogP contribution in [0.15, 0.2) is 0 Å². The fourth-order valence-corrected chi connectivity index (χ4v) is 3.51. The summed E-state index contributed by atoms with van der Waals surface area (Å²) in [5.41, 5.74) is 6.20. The molecule has 2 N–H and O–H groups in total. The summed E-state index contributed by atoms with van der Waals surface area (Å²) in [6.07, 6.45) is 2.94. The van der Waals surface area contributed by atoms with Gasteiger partial charge in [-0.25, -0.2) is 0 Å². The van der Waals surface area contributed by atoms with Crippen LogP contribution in [0, 0.1) is 17.3 Å². The molecular formula is C17H35N3O. The second-order valence-electron chi connectivity index (χ2n) is 7.48. The summed E-state index contributed by atoms with van der Waals surface area (Å²) in [7, 11) is 4.15. The molecule has 3 atom stereocenters. The highest BCUT2D eigenvalue weighted by Gasteiger charge is 2.45. The summed E-state index contributed by atoms with van der Waals surface area (Å²) in [4.78, 5) is 17.2. The molecule has 1 aliphatic carbocycles. The van der Waals surface area contributed by atoms with Crippen molar-refractivity contribution in [2.24, 2.45) is 23.0 Å². The van der Waals surface area contributed by atoms with Crippen LogP contribution in [0.3, 0.4) is 0 Å². The predicted molar refractivity (Wildman–Crippen MR) is 89.1 cm³/mol. The molecule has 1 aliphatic rings. The van der Waals surface area contributed by atoms with Crippen molar-refractivity contribution in [1.29, 1.82) is 0 Å². The van der Waals surface area contributed by atoms with E-state index in [-0.39, 0.29) is 17.4 Å². The van der Waals surface area contributed by atoms with Crippen molar-refractivity contribution in [3.8, 4) is 0 Å². The lowest BCUT2D eigenvalue weighted by Gasteiger charge is -2.47. The van der Waals surface area contributed by atoms with Crippen LogP contribution in [0.4, 0.5) is 0 Å². The normalized spacial score (nSPS) is 28.7. The first-order valence-electron chi connectivity index (χ1n) is 8.40. The summed E-state index contributed by atoms with van der Waals surface area (Å²) in [6, 6.07) is 0.230. The molecular weight excluding hydrogens is 262 g/mol. The first-order valence-corrected chi connectivity index (χ1v) is 8.40. The van der Waals surface area contributed by atoms with Gasteiger partial charge in [0.15, 0.2) is 0 Å². The molecule has 4 nitrogen and oxygen atoms in total. The van der Waals surface area contributed by atoms with E-state index in [2.05, 4.69) is 46.7 Å². The lowest BCUT2D eigenvalue weighted by molar-refractivity contribution is -0.143. The quantitative estimate of drug-likeness (QED) is 0.817. The van der Waals surface area contributed by atoms with E-state index in [0.29, 0.717) is 11.8 Å². The summed E-state index contributed by atoms with van der Waals surface area (Å²) in [5.74, 6) is 0.840. The van der Waals surface area contributed by atoms with Crippen LogP contribution in [-0.2, 0) is 4.79 Å². The fourth-order valence-electron chi connectivity index (χ4n) is 3.51. The smallest absolute Gasteiger partial charge is 0.226 e. The minimum atomic E-state index is -0.0102. The SMILES string of the molecule is CCN(CCCN(C)C)C(=O)C1CCC(N)C(C)C1(C)C. The number of hydrogen-bond acceptors (Lipinski definition) is 3. The zero-order valence-corrected chi connectivity index (χ0v) is 14.9. The predicted octanol–water partition coefficient (Wildman–Crippen LogP) is 2.19. The molecule has 0 aromatic rings. The Labute approximate surface area is 131 Å². The Hall–Kier alpha value is -0.610. The van der Waals surface area contributed by atoms with Gasteiger partial charge in [-0.05, 0) is 58.2 Å². The van der Waals surface area contributed by atoms with E-state index in [1.165, 1.54) is 0 Å². The second kappa shape index (κ2) is 7.59. The molecule has 0 aromatic heterocycles. The zero-order valence-electron chi connectivity index (χ0n) is 14.9. The van der Waals surface area contributed by atoms with Crippen molar-refractivity contribution in [2.45, 2.75) is 53.0 Å². The van der Waals surface area contributed by atoms with E-state index in [1.807, 2.05) is 4.90 Å². The number of hydrogen-bond donors (Lipinski definition) is 1. The van der Waals surface area contributed by atoms with Crippen LogP contribution in [0.1, 0.15) is 47.0 Å². The third-order valence-corrected chi connectivity index (χ3v) is 5.53. The van der Waals surface area contributed by atoms with Gasteiger partial charge in [-0.2, -0.15) is 0 Å². The summed E-state index contributed by atoms with van der Waals surface area (Å²) in [6.45, 7) is 11.4. The Morgan fingerprint density at radius 1 is 1.24 bits per heavy atom. The maximum atomic E-state index is 12.9. The molecule has 1 amide bonds. The molecule has 124 valence electrons. The first kappa shape index (κ1) is 18.4. The Balaban J connectivity index is 2.70. The maximum Gasteiger partial charge on any atom is 0.226 e. The third-order valence-electron chi connectivity index (χ3n) is 5.53. The van der Waals surface area contributed by atoms with Crippen molar-refractivity contribution in [3.05, 3.63) is 0 Å². The van der Waals surface area contributed by atoms with Gasteiger partial charge in [0, 0.05) is 25.0 Å². The highest BCUT2D eigenvalue weighted by atomic mass is 16.2. The van der Waals surface area contributed by atoms with Crippen molar-refractivity contribution in [3.63, 3.8) is 0 Å². The Kier molecular flexibility index (Phi) is 6.67. The molecule has 0 aliphatic heterocycles. The van der Waals surface area contributed by atoms with Crippen LogP contribution < -0.4 is 5.73 Å². The van der Waals surface area contributed by atoms with Crippen molar-refractivity contribution >= 4 is 5.91 Å². The lowest BCUT2D eigenvalue weighted by atomic mass is 9.60. The molecule has 0 bridgehead atoms. The van der Waals surface area contributed by atoms with E-state index in [9.17, 15) is 4.79 Å². The van der Waals surface area contributed by atoms with Gasteiger partial charge in [0.1, 0.15) is 0 Å². The Bertz CT molecular complexity index is 341. The average molecular weight is 297 g/mol. The number of amides is 1. The van der Waals surface area contributed by atoms with Gasteiger partial charge < -0.3 is 15.5 Å². The van der Waals surface area contributed by atoms with Crippen LogP contribution in [0.2, 0.25) is 0 Å². The van der Waals surface area contributed by atoms with Gasteiger partial charge in [0.2, 0.25) is 5.91 Å². The zero-order chi connectivity index (χ0) is 16.2. The highest BCUT2D eigenvalue weighted by molar-refractivity contribution is 5.79. The minimum absolute atomic E-state index is 0.0102. The monoisotopic (exact) mass is 297 g/mol. The van der Waals surface area contributed by atoms with Gasteiger partial charge >= 0.3 is 0 Å². The number of rotatable bonds is 6. The number of carbonyl (C=O) groups is 1. The molecule has 1 rings (SSSR count). The van der Waals surface area contributed by atoms with Crippen molar-refractivity contribution in [2.75, 3.05) is 33.7 Å². The second-order valence-corrected chi connectivity index (χ2v) is 7.48. The topological polar surface area (TPSA) is 49.6 Å². The maximum absolute atomic E-state index is 12.9. The molecule has 21 heavy (non-hydrogen) atoms. The van der Waals surface area contributed by atoms with E-state index in [4.69, 9.17) is 5.73 Å². The molecule has 0 spiro atoms. The Morgan fingerprint density at radius 3 is 2.38 bits per heavy atom. The summed E-state index contributed by atoms with van der Waals surface area (Å²) in [5, 5.41) is 0. The molecule has 0 saturated heterocycles. The van der Waals surface area contributed by atoms with Crippen LogP contribution in [-0.4, -0.2) is 55.5 Å². The molecule has 0 aromatic carbocycles. The van der Waals surface area contributed by atoms with Crippen LogP contribution >= 0.6 is 0 Å². The van der Waals surface area contributed by atoms with Gasteiger partial charge in [-0.15, -0.1) is 0 Å². The van der Waals surface area contributed by atoms with E-state index in [1.54, 1.807) is 0 Å². The van der Waals surface area contributed by atoms with E-state index >= 15 is 0 Å². The van der Waals surface area contributed by atoms with Crippen molar-refractivity contribution < 1.29 is 4.79 Å². The number of nitrogens with zero attached hydrogens (tertiary/aromatic N) is 2. The standard InChI is InChI=1S/C17H35N3O/c1-7-20(12-8-11-19(5)6)16(21)14-9-10-15(18)13(2)17(14,3)4/h13-15H,7-12,18H2,1-6H3. The molecule has 3 unspecified atom stereocenters. The van der Waals surface area contributed by atoms with Gasteiger partial charge in [0.05, 0.1) is 0 Å². The largest absolute Gasteiger partial charge is 0.343 e. The fraction of sp³-hybridized carbons (Fsp3) is 0.941. The number of nitrogens with two attached hydrogens (primary N) is 1. The van der Waals surface area contributed by atoms with Gasteiger partial charge in [-0.3, -0.25) is 4.79 Å².